The number of carbonyl (C=O) groups excluding carboxylic acids is 1. The number of thiazole rings is 1. The SMILES string of the molecule is CNC(=O)C(C)Nc1ccc2scnc2c1N. The molecule has 0 aliphatic carbocycles. The van der Waals surface area contributed by atoms with Crippen LogP contribution in [0.4, 0.5) is 11.4 Å². The van der Waals surface area contributed by atoms with E-state index in [9.17, 15) is 4.79 Å². The summed E-state index contributed by atoms with van der Waals surface area (Å²) >= 11 is 1.54. The van der Waals surface area contributed by atoms with E-state index in [0.29, 0.717) is 5.69 Å². The molecule has 1 aromatic carbocycles. The van der Waals surface area contributed by atoms with Gasteiger partial charge in [0.05, 0.1) is 21.6 Å². The van der Waals surface area contributed by atoms with Gasteiger partial charge in [-0.3, -0.25) is 4.79 Å². The summed E-state index contributed by atoms with van der Waals surface area (Å²) in [5.74, 6) is -0.0808. The number of likely N-dealkylation sites (N-methyl/N-ethyl adjacent to an activating group) is 1. The first-order valence-electron chi connectivity index (χ1n) is 5.23. The van der Waals surface area contributed by atoms with Crippen molar-refractivity contribution < 1.29 is 4.79 Å². The van der Waals surface area contributed by atoms with E-state index in [4.69, 9.17) is 5.73 Å². The van der Waals surface area contributed by atoms with Crippen LogP contribution in [-0.4, -0.2) is 24.0 Å². The van der Waals surface area contributed by atoms with Crippen molar-refractivity contribution in [2.45, 2.75) is 13.0 Å². The molecule has 0 saturated heterocycles. The van der Waals surface area contributed by atoms with Crippen LogP contribution < -0.4 is 16.4 Å². The van der Waals surface area contributed by atoms with E-state index in [0.717, 1.165) is 15.9 Å². The van der Waals surface area contributed by atoms with Crippen LogP contribution in [-0.2, 0) is 4.79 Å². The Hall–Kier alpha value is -1.82. The molecule has 0 radical (unpaired) electrons. The van der Waals surface area contributed by atoms with Crippen molar-refractivity contribution in [1.82, 2.24) is 10.3 Å². The van der Waals surface area contributed by atoms with Gasteiger partial charge < -0.3 is 16.4 Å². The largest absolute Gasteiger partial charge is 0.395 e. The standard InChI is InChI=1S/C11H14N4OS/c1-6(11(16)13-2)15-7-3-4-8-10(9(7)12)14-5-17-8/h3-6,15H,12H2,1-2H3,(H,13,16). The summed E-state index contributed by atoms with van der Waals surface area (Å²) in [5, 5.41) is 5.65. The smallest absolute Gasteiger partial charge is 0.241 e. The van der Waals surface area contributed by atoms with Gasteiger partial charge in [-0.15, -0.1) is 11.3 Å². The second-order valence-corrected chi connectivity index (χ2v) is 4.59. The van der Waals surface area contributed by atoms with Crippen LogP contribution in [0, 0.1) is 0 Å². The normalized spacial score (nSPS) is 12.4. The Morgan fingerprint density at radius 1 is 1.53 bits per heavy atom. The molecule has 0 aliphatic heterocycles. The van der Waals surface area contributed by atoms with E-state index in [-0.39, 0.29) is 11.9 Å². The second kappa shape index (κ2) is 4.58. The van der Waals surface area contributed by atoms with E-state index in [1.165, 1.54) is 0 Å². The molecule has 4 N–H and O–H groups in total. The van der Waals surface area contributed by atoms with Gasteiger partial charge in [0.25, 0.3) is 0 Å². The maximum atomic E-state index is 11.4. The Morgan fingerprint density at radius 2 is 2.29 bits per heavy atom. The van der Waals surface area contributed by atoms with Gasteiger partial charge in [-0.2, -0.15) is 0 Å². The Morgan fingerprint density at radius 3 is 3.00 bits per heavy atom. The number of benzene rings is 1. The van der Waals surface area contributed by atoms with E-state index >= 15 is 0 Å². The summed E-state index contributed by atoms with van der Waals surface area (Å²) in [6.45, 7) is 1.78. The fourth-order valence-corrected chi connectivity index (χ4v) is 2.29. The minimum Gasteiger partial charge on any atom is -0.395 e. The predicted molar refractivity (Wildman–Crippen MR) is 71.2 cm³/mol. The zero-order valence-corrected chi connectivity index (χ0v) is 10.5. The highest BCUT2D eigenvalue weighted by Crippen LogP contribution is 2.30. The maximum Gasteiger partial charge on any atom is 0.241 e. The second-order valence-electron chi connectivity index (χ2n) is 3.71. The molecule has 1 aromatic heterocycles. The first kappa shape index (κ1) is 11.7. The van der Waals surface area contributed by atoms with Crippen molar-refractivity contribution in [2.24, 2.45) is 0 Å². The minimum absolute atomic E-state index is 0.0808. The zero-order valence-electron chi connectivity index (χ0n) is 9.65. The van der Waals surface area contributed by atoms with Gasteiger partial charge in [-0.05, 0) is 19.1 Å². The average molecular weight is 250 g/mol. The third-order valence-electron chi connectivity index (χ3n) is 2.55. The lowest BCUT2D eigenvalue weighted by Crippen LogP contribution is -2.35. The summed E-state index contributed by atoms with van der Waals surface area (Å²) in [7, 11) is 1.60. The Bertz CT molecular complexity index is 551. The summed E-state index contributed by atoms with van der Waals surface area (Å²) in [6, 6.07) is 3.48. The van der Waals surface area contributed by atoms with Crippen molar-refractivity contribution >= 4 is 38.8 Å². The number of amides is 1. The van der Waals surface area contributed by atoms with Crippen molar-refractivity contribution in [2.75, 3.05) is 18.1 Å². The topological polar surface area (TPSA) is 80.0 Å². The molecular weight excluding hydrogens is 236 g/mol. The van der Waals surface area contributed by atoms with E-state index in [1.807, 2.05) is 12.1 Å². The van der Waals surface area contributed by atoms with Gasteiger partial charge in [0, 0.05) is 7.05 Å². The molecule has 1 amide bonds. The molecule has 0 bridgehead atoms. The third-order valence-corrected chi connectivity index (χ3v) is 3.35. The highest BCUT2D eigenvalue weighted by atomic mass is 32.1. The number of carbonyl (C=O) groups is 1. The van der Waals surface area contributed by atoms with Crippen molar-refractivity contribution in [3.8, 4) is 0 Å². The molecule has 0 fully saturated rings. The molecule has 0 saturated carbocycles. The molecule has 90 valence electrons. The van der Waals surface area contributed by atoms with Crippen LogP contribution in [0.25, 0.3) is 10.2 Å². The molecule has 5 nitrogen and oxygen atoms in total. The Labute approximate surface area is 103 Å². The van der Waals surface area contributed by atoms with Crippen LogP contribution in [0.15, 0.2) is 17.6 Å². The van der Waals surface area contributed by atoms with Crippen LogP contribution in [0.1, 0.15) is 6.92 Å². The zero-order chi connectivity index (χ0) is 12.4. The molecule has 6 heteroatoms. The lowest BCUT2D eigenvalue weighted by atomic mass is 10.2. The fraction of sp³-hybridized carbons (Fsp3) is 0.273. The molecule has 17 heavy (non-hydrogen) atoms. The van der Waals surface area contributed by atoms with E-state index in [1.54, 1.807) is 30.8 Å². The van der Waals surface area contributed by atoms with Crippen LogP contribution in [0.2, 0.25) is 0 Å². The average Bonchev–Trinajstić information content (AvgIpc) is 2.80. The highest BCUT2D eigenvalue weighted by molar-refractivity contribution is 7.16. The minimum atomic E-state index is -0.335. The molecule has 1 unspecified atom stereocenters. The van der Waals surface area contributed by atoms with Crippen LogP contribution in [0.3, 0.4) is 0 Å². The number of nitrogens with two attached hydrogens (primary N) is 1. The van der Waals surface area contributed by atoms with Gasteiger partial charge in [-0.25, -0.2) is 4.98 Å². The van der Waals surface area contributed by atoms with Gasteiger partial charge in [0.1, 0.15) is 11.6 Å². The van der Waals surface area contributed by atoms with Crippen molar-refractivity contribution in [1.29, 1.82) is 0 Å². The quantitative estimate of drug-likeness (QED) is 0.720. The van der Waals surface area contributed by atoms with E-state index in [2.05, 4.69) is 15.6 Å². The Balaban J connectivity index is 2.30. The predicted octanol–water partition coefficient (Wildman–Crippen LogP) is 1.42. The van der Waals surface area contributed by atoms with Crippen molar-refractivity contribution in [3.63, 3.8) is 0 Å². The van der Waals surface area contributed by atoms with E-state index < -0.39 is 0 Å². The summed E-state index contributed by atoms with van der Waals surface area (Å²) < 4.78 is 1.04. The number of fused-ring (bicyclic) bond motifs is 1. The lowest BCUT2D eigenvalue weighted by molar-refractivity contribution is -0.121. The first-order valence-corrected chi connectivity index (χ1v) is 6.11. The maximum absolute atomic E-state index is 11.4. The molecule has 1 atom stereocenters. The number of nitrogens with one attached hydrogen (secondary N) is 2. The number of hydrogen-bond donors (Lipinski definition) is 3. The van der Waals surface area contributed by atoms with Gasteiger partial charge >= 0.3 is 0 Å². The van der Waals surface area contributed by atoms with Crippen molar-refractivity contribution in [3.05, 3.63) is 17.6 Å². The molecule has 2 aromatic rings. The fourth-order valence-electron chi connectivity index (χ4n) is 1.59. The summed E-state index contributed by atoms with van der Waals surface area (Å²) in [4.78, 5) is 15.6. The third kappa shape index (κ3) is 2.16. The van der Waals surface area contributed by atoms with Gasteiger partial charge in [-0.1, -0.05) is 0 Å². The van der Waals surface area contributed by atoms with Crippen LogP contribution >= 0.6 is 11.3 Å². The lowest BCUT2D eigenvalue weighted by Gasteiger charge is -2.15. The first-order chi connectivity index (χ1) is 8.13. The van der Waals surface area contributed by atoms with Crippen LogP contribution in [0.5, 0.6) is 0 Å². The number of rotatable bonds is 3. The summed E-state index contributed by atoms with van der Waals surface area (Å²) in [6.07, 6.45) is 0. The number of hydrogen-bond acceptors (Lipinski definition) is 5. The van der Waals surface area contributed by atoms with Gasteiger partial charge in [0.2, 0.25) is 5.91 Å². The number of nitrogens with zero attached hydrogens (tertiary/aromatic N) is 1. The molecule has 1 heterocycles. The van der Waals surface area contributed by atoms with Gasteiger partial charge in [0.15, 0.2) is 0 Å². The number of aromatic nitrogens is 1. The molecule has 0 aliphatic rings. The monoisotopic (exact) mass is 250 g/mol. The molecular formula is C11H14N4OS. The highest BCUT2D eigenvalue weighted by Gasteiger charge is 2.13. The number of anilines is 2. The molecule has 2 rings (SSSR count). The molecule has 0 spiro atoms. The summed E-state index contributed by atoms with van der Waals surface area (Å²) in [5.41, 5.74) is 9.86. The Kier molecular flexibility index (Phi) is 3.14. The number of nitrogen functional groups attached to an aromatic ring is 1.